The SMILES string of the molecule is CCCCCCOc1cc(C#Cc2cc(C#N)c(C#Cc3cc(OCCCCCC)c(C#Cc4cc(-c5ccccc5)cc(-c5ccccc5)c4)cc3OCCCCCC)cc2C#N)c(OCCCCCC)cc1C#Cc1cc(-c2ccccc2)cc(-c2ccccc2)c1. The summed E-state index contributed by atoms with van der Waals surface area (Å²) in [6.45, 7) is 10.8. The molecule has 6 nitrogen and oxygen atoms in total. The Balaban J connectivity index is 1.10. The molecule has 0 fully saturated rings. The topological polar surface area (TPSA) is 84.5 Å². The van der Waals surface area contributed by atoms with Crippen LogP contribution in [-0.4, -0.2) is 26.4 Å². The summed E-state index contributed by atoms with van der Waals surface area (Å²) in [4.78, 5) is 0. The monoisotopic (exact) mass is 1230 g/mol. The van der Waals surface area contributed by atoms with Crippen molar-refractivity contribution in [3.05, 3.63) is 250 Å². The van der Waals surface area contributed by atoms with Gasteiger partial charge in [-0.1, -0.05) is 273 Å². The van der Waals surface area contributed by atoms with Gasteiger partial charge in [-0.05, 0) is 119 Å². The third kappa shape index (κ3) is 20.2. The summed E-state index contributed by atoms with van der Waals surface area (Å²) >= 11 is 0. The first kappa shape index (κ1) is 67.8. The lowest BCUT2D eigenvalue weighted by atomic mass is 9.96. The van der Waals surface area contributed by atoms with Gasteiger partial charge in [0, 0.05) is 46.5 Å². The molecule has 0 aromatic heterocycles. The molecule has 0 spiro atoms. The highest BCUT2D eigenvalue weighted by Crippen LogP contribution is 2.34. The molecule has 9 aromatic rings. The maximum absolute atomic E-state index is 10.8. The van der Waals surface area contributed by atoms with Crippen LogP contribution in [0.25, 0.3) is 44.5 Å². The highest BCUT2D eigenvalue weighted by Gasteiger charge is 2.16. The molecule has 6 heteroatoms. The van der Waals surface area contributed by atoms with Crippen molar-refractivity contribution in [2.75, 3.05) is 26.4 Å². The normalized spacial score (nSPS) is 10.4. The molecular weight excluding hydrogens is 1150 g/mol. The van der Waals surface area contributed by atoms with E-state index in [2.05, 4.69) is 221 Å². The molecule has 0 aliphatic carbocycles. The zero-order chi connectivity index (χ0) is 65.4. The van der Waals surface area contributed by atoms with Crippen LogP contribution in [0.5, 0.6) is 23.0 Å². The van der Waals surface area contributed by atoms with Crippen LogP contribution >= 0.6 is 0 Å². The molecule has 0 saturated heterocycles. The minimum Gasteiger partial charge on any atom is -0.492 e. The van der Waals surface area contributed by atoms with Crippen molar-refractivity contribution >= 4 is 0 Å². The van der Waals surface area contributed by atoms with E-state index >= 15 is 0 Å². The van der Waals surface area contributed by atoms with Crippen LogP contribution in [0.4, 0.5) is 0 Å². The van der Waals surface area contributed by atoms with Crippen LogP contribution in [0.2, 0.25) is 0 Å². The van der Waals surface area contributed by atoms with Crippen molar-refractivity contribution in [1.29, 1.82) is 10.5 Å². The lowest BCUT2D eigenvalue weighted by Crippen LogP contribution is -2.03. The van der Waals surface area contributed by atoms with Crippen molar-refractivity contribution < 1.29 is 18.9 Å². The van der Waals surface area contributed by atoms with Gasteiger partial charge in [0.2, 0.25) is 0 Å². The molecule has 0 atom stereocenters. The van der Waals surface area contributed by atoms with Crippen molar-refractivity contribution in [1.82, 2.24) is 0 Å². The lowest BCUT2D eigenvalue weighted by molar-refractivity contribution is 0.295. The number of hydrogen-bond donors (Lipinski definition) is 0. The highest BCUT2D eigenvalue weighted by atomic mass is 16.5. The molecule has 0 aliphatic heterocycles. The molecule has 0 unspecified atom stereocenters. The van der Waals surface area contributed by atoms with E-state index in [0.717, 1.165) is 158 Å². The van der Waals surface area contributed by atoms with Gasteiger partial charge in [-0.25, -0.2) is 0 Å². The Labute approximate surface area is 560 Å². The van der Waals surface area contributed by atoms with Gasteiger partial charge >= 0.3 is 0 Å². The van der Waals surface area contributed by atoms with Crippen molar-refractivity contribution in [2.24, 2.45) is 0 Å². The maximum atomic E-state index is 10.8. The van der Waals surface area contributed by atoms with Crippen molar-refractivity contribution in [3.8, 4) is 127 Å². The standard InChI is InChI=1S/C88H84N2O4/c1-5-9-13-29-49-91-85-63-77(87(93-51-31-15-11-7-3)61-75(85)43-41-67-53-79(69-33-21-17-22-34-69)59-80(54-67)70-35-23-18-24-36-70)47-45-73-57-84(66-90)74(58-83(73)65-89)46-48-78-64-86(92-50-30-14-10-6-2)76(62-88(78)94-52-32-16-12-8-4)44-42-68-55-81(71-37-25-19-26-38-71)60-82(56-68)72-39-27-20-28-40-72/h17-28,33-40,53-64H,5-16,29-32,49-52H2,1-4H3. The largest absolute Gasteiger partial charge is 0.492 e. The number of nitriles is 2. The summed E-state index contributed by atoms with van der Waals surface area (Å²) in [6, 6.07) is 70.3. The summed E-state index contributed by atoms with van der Waals surface area (Å²) in [7, 11) is 0. The minimum atomic E-state index is 0.279. The van der Waals surface area contributed by atoms with Crippen LogP contribution in [0.3, 0.4) is 0 Å². The number of rotatable bonds is 28. The second kappa shape index (κ2) is 37.0. The molecule has 9 rings (SSSR count). The summed E-state index contributed by atoms with van der Waals surface area (Å²) in [5.74, 6) is 29.7. The second-order valence-electron chi connectivity index (χ2n) is 23.6. The van der Waals surface area contributed by atoms with Gasteiger partial charge in [0.1, 0.15) is 35.1 Å². The van der Waals surface area contributed by atoms with Gasteiger partial charge in [-0.15, -0.1) is 0 Å². The Hall–Kier alpha value is -10.6. The fourth-order valence-electron chi connectivity index (χ4n) is 11.0. The van der Waals surface area contributed by atoms with Gasteiger partial charge in [-0.3, -0.25) is 0 Å². The predicted molar refractivity (Wildman–Crippen MR) is 386 cm³/mol. The van der Waals surface area contributed by atoms with E-state index in [4.69, 9.17) is 18.9 Å². The Morgan fingerprint density at radius 2 is 0.479 bits per heavy atom. The van der Waals surface area contributed by atoms with E-state index in [1.165, 1.54) is 0 Å². The van der Waals surface area contributed by atoms with E-state index in [9.17, 15) is 10.5 Å². The van der Waals surface area contributed by atoms with Crippen LogP contribution < -0.4 is 18.9 Å². The van der Waals surface area contributed by atoms with Crippen LogP contribution in [0, 0.1) is 70.0 Å². The Morgan fingerprint density at radius 1 is 0.234 bits per heavy atom. The van der Waals surface area contributed by atoms with Gasteiger partial charge in [0.25, 0.3) is 0 Å². The van der Waals surface area contributed by atoms with Crippen molar-refractivity contribution in [2.45, 2.75) is 130 Å². The van der Waals surface area contributed by atoms with E-state index in [0.29, 0.717) is 82.8 Å². The lowest BCUT2D eigenvalue weighted by Gasteiger charge is -2.14. The third-order valence-electron chi connectivity index (χ3n) is 16.2. The highest BCUT2D eigenvalue weighted by molar-refractivity contribution is 5.78. The first-order valence-corrected chi connectivity index (χ1v) is 33.8. The van der Waals surface area contributed by atoms with Crippen molar-refractivity contribution in [3.63, 3.8) is 0 Å². The maximum Gasteiger partial charge on any atom is 0.136 e. The van der Waals surface area contributed by atoms with Crippen LogP contribution in [-0.2, 0) is 0 Å². The van der Waals surface area contributed by atoms with Crippen LogP contribution in [0.1, 0.15) is 186 Å². The minimum absolute atomic E-state index is 0.279. The third-order valence-corrected chi connectivity index (χ3v) is 16.2. The molecule has 0 aliphatic rings. The Bertz CT molecular complexity index is 3900. The zero-order valence-corrected chi connectivity index (χ0v) is 55.1. The molecule has 0 amide bonds. The number of nitrogens with zero attached hydrogens (tertiary/aromatic N) is 2. The number of benzene rings is 9. The summed E-state index contributed by atoms with van der Waals surface area (Å²) in [5.41, 5.74) is 14.3. The molecule has 0 bridgehead atoms. The number of unbranched alkanes of at least 4 members (excludes halogenated alkanes) is 12. The van der Waals surface area contributed by atoms with Gasteiger partial charge < -0.3 is 18.9 Å². The first-order chi connectivity index (χ1) is 46.4. The van der Waals surface area contributed by atoms with Crippen LogP contribution in [0.15, 0.2) is 194 Å². The molecule has 0 radical (unpaired) electrons. The summed E-state index contributed by atoms with van der Waals surface area (Å²) < 4.78 is 26.5. The average molecular weight is 1230 g/mol. The molecule has 0 N–H and O–H groups in total. The molecule has 94 heavy (non-hydrogen) atoms. The number of hydrogen-bond acceptors (Lipinski definition) is 6. The molecule has 0 saturated carbocycles. The molecule has 0 heterocycles. The Kier molecular flexibility index (Phi) is 26.7. The van der Waals surface area contributed by atoms with E-state index < -0.39 is 0 Å². The predicted octanol–water partition coefficient (Wildman–Crippen LogP) is 21.5. The summed E-state index contributed by atoms with van der Waals surface area (Å²) in [6.07, 6.45) is 16.5. The van der Waals surface area contributed by atoms with Gasteiger partial charge in [-0.2, -0.15) is 10.5 Å². The molecular formula is C88H84N2O4. The van der Waals surface area contributed by atoms with E-state index in [1.807, 2.05) is 48.5 Å². The van der Waals surface area contributed by atoms with E-state index in [1.54, 1.807) is 12.1 Å². The first-order valence-electron chi connectivity index (χ1n) is 33.8. The fourth-order valence-corrected chi connectivity index (χ4v) is 11.0. The van der Waals surface area contributed by atoms with Gasteiger partial charge in [0.05, 0.1) is 59.8 Å². The molecule has 9 aromatic carbocycles. The van der Waals surface area contributed by atoms with Gasteiger partial charge in [0.15, 0.2) is 0 Å². The quantitative estimate of drug-likeness (QED) is 0.0359. The average Bonchev–Trinajstić information content (AvgIpc) is 0.881. The molecule has 470 valence electrons. The summed E-state index contributed by atoms with van der Waals surface area (Å²) in [5, 5.41) is 21.6. The number of ether oxygens (including phenoxy) is 4. The van der Waals surface area contributed by atoms with E-state index in [-0.39, 0.29) is 11.1 Å². The Morgan fingerprint density at radius 3 is 0.723 bits per heavy atom. The fraction of sp³-hybridized carbons (Fsp3) is 0.273. The zero-order valence-electron chi connectivity index (χ0n) is 55.1. The smallest absolute Gasteiger partial charge is 0.136 e. The second-order valence-corrected chi connectivity index (χ2v) is 23.6.